The van der Waals surface area contributed by atoms with E-state index in [-0.39, 0.29) is 35.5 Å². The molecule has 1 rings (SSSR count). The number of carbonyl (C=O) groups excluding carboxylic acids is 2. The summed E-state index contributed by atoms with van der Waals surface area (Å²) in [6, 6.07) is -0.701. The Morgan fingerprint density at radius 3 is 2.45 bits per heavy atom. The summed E-state index contributed by atoms with van der Waals surface area (Å²) >= 11 is 0. The van der Waals surface area contributed by atoms with Crippen LogP contribution in [0.5, 0.6) is 0 Å². The SMILES string of the molecule is CN1C(=O)CCC1C(=O)[O-].[Na+]. The van der Waals surface area contributed by atoms with Gasteiger partial charge in [0, 0.05) is 13.5 Å². The average molecular weight is 165 g/mol. The first-order chi connectivity index (χ1) is 4.63. The molecular weight excluding hydrogens is 157 g/mol. The van der Waals surface area contributed by atoms with E-state index in [1.807, 2.05) is 0 Å². The molecule has 0 N–H and O–H groups in total. The fourth-order valence-corrected chi connectivity index (χ4v) is 1.08. The summed E-state index contributed by atoms with van der Waals surface area (Å²) in [6.45, 7) is 0. The number of likely N-dealkylation sites (tertiary alicyclic amines) is 1. The molecule has 0 spiro atoms. The van der Waals surface area contributed by atoms with Crippen molar-refractivity contribution in [3.05, 3.63) is 0 Å². The van der Waals surface area contributed by atoms with Crippen LogP contribution in [0.2, 0.25) is 0 Å². The van der Waals surface area contributed by atoms with Gasteiger partial charge in [-0.25, -0.2) is 0 Å². The molecule has 0 aromatic carbocycles. The third-order valence-corrected chi connectivity index (χ3v) is 1.76. The van der Waals surface area contributed by atoms with E-state index < -0.39 is 12.0 Å². The predicted molar refractivity (Wildman–Crippen MR) is 30.8 cm³/mol. The van der Waals surface area contributed by atoms with Gasteiger partial charge in [0.05, 0.1) is 12.0 Å². The normalized spacial score (nSPS) is 23.2. The number of likely N-dealkylation sites (N-methyl/N-ethyl adjacent to an activating group) is 1. The van der Waals surface area contributed by atoms with Gasteiger partial charge in [-0.1, -0.05) is 0 Å². The number of carboxylic acids is 1. The second-order valence-corrected chi connectivity index (χ2v) is 2.38. The Hall–Kier alpha value is -0.0600. The molecule has 1 atom stereocenters. The molecule has 1 amide bonds. The van der Waals surface area contributed by atoms with Crippen LogP contribution >= 0.6 is 0 Å². The number of amides is 1. The molecule has 1 heterocycles. The van der Waals surface area contributed by atoms with Gasteiger partial charge >= 0.3 is 29.6 Å². The van der Waals surface area contributed by atoms with E-state index in [4.69, 9.17) is 0 Å². The van der Waals surface area contributed by atoms with Crippen LogP contribution in [0.1, 0.15) is 12.8 Å². The molecule has 0 aliphatic carbocycles. The second-order valence-electron chi connectivity index (χ2n) is 2.38. The third kappa shape index (κ3) is 2.18. The van der Waals surface area contributed by atoms with E-state index in [1.165, 1.54) is 11.9 Å². The van der Waals surface area contributed by atoms with E-state index >= 15 is 0 Å². The Balaban J connectivity index is 0.000001000. The number of carboxylic acid groups (broad SMARTS) is 1. The van der Waals surface area contributed by atoms with Crippen molar-refractivity contribution < 1.29 is 44.3 Å². The summed E-state index contributed by atoms with van der Waals surface area (Å²) in [7, 11) is 1.48. The number of carbonyl (C=O) groups is 2. The molecule has 4 nitrogen and oxygen atoms in total. The van der Waals surface area contributed by atoms with Gasteiger partial charge in [0.25, 0.3) is 0 Å². The third-order valence-electron chi connectivity index (χ3n) is 1.76. The Morgan fingerprint density at radius 1 is 1.73 bits per heavy atom. The zero-order valence-electron chi connectivity index (χ0n) is 6.66. The Morgan fingerprint density at radius 2 is 2.27 bits per heavy atom. The molecular formula is C6H8NNaO3. The van der Waals surface area contributed by atoms with E-state index in [1.54, 1.807) is 0 Å². The molecule has 0 radical (unpaired) electrons. The second kappa shape index (κ2) is 4.09. The minimum Gasteiger partial charge on any atom is -0.548 e. The summed E-state index contributed by atoms with van der Waals surface area (Å²) in [4.78, 5) is 22.2. The van der Waals surface area contributed by atoms with Gasteiger partial charge < -0.3 is 14.8 Å². The topological polar surface area (TPSA) is 60.4 Å². The monoisotopic (exact) mass is 165 g/mol. The summed E-state index contributed by atoms with van der Waals surface area (Å²) in [5.41, 5.74) is 0. The van der Waals surface area contributed by atoms with E-state index in [0.717, 1.165) is 0 Å². The van der Waals surface area contributed by atoms with Crippen molar-refractivity contribution in [3.8, 4) is 0 Å². The van der Waals surface area contributed by atoms with Crippen LogP contribution in [-0.4, -0.2) is 29.9 Å². The number of aliphatic carboxylic acids is 1. The minimum absolute atomic E-state index is 0. The van der Waals surface area contributed by atoms with Gasteiger partial charge in [0.15, 0.2) is 0 Å². The number of nitrogens with zero attached hydrogens (tertiary/aromatic N) is 1. The van der Waals surface area contributed by atoms with Crippen LogP contribution < -0.4 is 34.7 Å². The first kappa shape index (κ1) is 10.9. The van der Waals surface area contributed by atoms with E-state index in [2.05, 4.69) is 0 Å². The largest absolute Gasteiger partial charge is 1.00 e. The van der Waals surface area contributed by atoms with Crippen LogP contribution in [0.4, 0.5) is 0 Å². The molecule has 1 unspecified atom stereocenters. The molecule has 5 heteroatoms. The van der Waals surface area contributed by atoms with Crippen molar-refractivity contribution in [1.29, 1.82) is 0 Å². The molecule has 0 bridgehead atoms. The van der Waals surface area contributed by atoms with Crippen molar-refractivity contribution in [3.63, 3.8) is 0 Å². The molecule has 56 valence electrons. The summed E-state index contributed by atoms with van der Waals surface area (Å²) in [6.07, 6.45) is 0.715. The zero-order valence-corrected chi connectivity index (χ0v) is 8.66. The minimum atomic E-state index is -1.16. The van der Waals surface area contributed by atoms with Gasteiger partial charge in [0.2, 0.25) is 5.91 Å². The molecule has 11 heavy (non-hydrogen) atoms. The number of rotatable bonds is 1. The fraction of sp³-hybridized carbons (Fsp3) is 0.667. The Kier molecular flexibility index (Phi) is 4.07. The fourth-order valence-electron chi connectivity index (χ4n) is 1.08. The summed E-state index contributed by atoms with van der Waals surface area (Å²) in [5.74, 6) is -1.28. The Bertz CT molecular complexity index is 183. The molecule has 1 aliphatic rings. The quantitative estimate of drug-likeness (QED) is 0.367. The van der Waals surface area contributed by atoms with Crippen molar-refractivity contribution in [1.82, 2.24) is 4.90 Å². The van der Waals surface area contributed by atoms with Crippen LogP contribution in [0.3, 0.4) is 0 Å². The van der Waals surface area contributed by atoms with E-state index in [9.17, 15) is 14.7 Å². The number of hydrogen-bond donors (Lipinski definition) is 0. The molecule has 1 saturated heterocycles. The van der Waals surface area contributed by atoms with Gasteiger partial charge in [0.1, 0.15) is 0 Å². The van der Waals surface area contributed by atoms with Crippen molar-refractivity contribution in [2.75, 3.05) is 7.05 Å². The maximum absolute atomic E-state index is 10.7. The Labute approximate surface area is 86.8 Å². The molecule has 1 fully saturated rings. The van der Waals surface area contributed by atoms with Crippen LogP contribution in [0, 0.1) is 0 Å². The number of hydrogen-bond acceptors (Lipinski definition) is 3. The standard InChI is InChI=1S/C6H9NO3.Na/c1-7-4(6(9)10)2-3-5(7)8;/h4H,2-3H2,1H3,(H,9,10);/q;+1/p-1. The zero-order chi connectivity index (χ0) is 7.72. The van der Waals surface area contributed by atoms with Crippen LogP contribution in [0.25, 0.3) is 0 Å². The van der Waals surface area contributed by atoms with Crippen molar-refractivity contribution in [2.24, 2.45) is 0 Å². The van der Waals surface area contributed by atoms with Crippen molar-refractivity contribution in [2.45, 2.75) is 18.9 Å². The predicted octanol–water partition coefficient (Wildman–Crippen LogP) is -4.64. The maximum Gasteiger partial charge on any atom is 1.00 e. The summed E-state index contributed by atoms with van der Waals surface area (Å²) < 4.78 is 0. The molecule has 0 saturated carbocycles. The first-order valence-electron chi connectivity index (χ1n) is 3.09. The van der Waals surface area contributed by atoms with Crippen LogP contribution in [-0.2, 0) is 9.59 Å². The average Bonchev–Trinajstić information content (AvgIpc) is 2.14. The molecule has 1 aliphatic heterocycles. The van der Waals surface area contributed by atoms with Gasteiger partial charge in [-0.3, -0.25) is 4.79 Å². The van der Waals surface area contributed by atoms with Crippen molar-refractivity contribution >= 4 is 11.9 Å². The molecule has 0 aromatic rings. The van der Waals surface area contributed by atoms with Gasteiger partial charge in [-0.2, -0.15) is 0 Å². The smallest absolute Gasteiger partial charge is 0.548 e. The summed E-state index contributed by atoms with van der Waals surface area (Å²) in [5, 5.41) is 10.3. The van der Waals surface area contributed by atoms with E-state index in [0.29, 0.717) is 12.8 Å². The van der Waals surface area contributed by atoms with Gasteiger partial charge in [-0.05, 0) is 6.42 Å². The van der Waals surface area contributed by atoms with Crippen LogP contribution in [0.15, 0.2) is 0 Å². The van der Waals surface area contributed by atoms with Gasteiger partial charge in [-0.15, -0.1) is 0 Å². The molecule has 0 aromatic heterocycles. The maximum atomic E-state index is 10.7. The first-order valence-corrected chi connectivity index (χ1v) is 3.09.